The standard InChI is InChI=1S/C15H23N5O2/c1-3-18-11-13(17-12(18)10-6-7-10)19(4-2)15(22)20(14(11)21)9-5-8-16/h10H,3-9,16H2,1-2H3. The molecule has 2 heterocycles. The molecule has 2 aromatic rings. The van der Waals surface area contributed by atoms with Gasteiger partial charge in [-0.25, -0.2) is 9.78 Å². The van der Waals surface area contributed by atoms with E-state index in [1.807, 2.05) is 18.4 Å². The fraction of sp³-hybridized carbons (Fsp3) is 0.667. The van der Waals surface area contributed by atoms with Gasteiger partial charge in [-0.3, -0.25) is 13.9 Å². The van der Waals surface area contributed by atoms with Gasteiger partial charge < -0.3 is 10.3 Å². The fourth-order valence-electron chi connectivity index (χ4n) is 3.01. The summed E-state index contributed by atoms with van der Waals surface area (Å²) in [4.78, 5) is 30.0. The van der Waals surface area contributed by atoms with Crippen LogP contribution >= 0.6 is 0 Å². The van der Waals surface area contributed by atoms with Crippen LogP contribution in [0, 0.1) is 0 Å². The Kier molecular flexibility index (Phi) is 3.90. The molecule has 0 radical (unpaired) electrons. The zero-order valence-electron chi connectivity index (χ0n) is 13.2. The van der Waals surface area contributed by atoms with Gasteiger partial charge in [0.15, 0.2) is 11.2 Å². The van der Waals surface area contributed by atoms with Crippen LogP contribution in [0.2, 0.25) is 0 Å². The lowest BCUT2D eigenvalue weighted by molar-refractivity contribution is 0.559. The van der Waals surface area contributed by atoms with Crippen molar-refractivity contribution in [2.24, 2.45) is 5.73 Å². The van der Waals surface area contributed by atoms with Crippen LogP contribution in [0.5, 0.6) is 0 Å². The van der Waals surface area contributed by atoms with Gasteiger partial charge >= 0.3 is 5.69 Å². The Morgan fingerprint density at radius 3 is 2.36 bits per heavy atom. The molecule has 2 N–H and O–H groups in total. The van der Waals surface area contributed by atoms with Gasteiger partial charge in [-0.15, -0.1) is 0 Å². The normalized spacial score (nSPS) is 14.9. The largest absolute Gasteiger partial charge is 0.332 e. The highest BCUT2D eigenvalue weighted by atomic mass is 16.2. The maximum Gasteiger partial charge on any atom is 0.332 e. The second-order valence-corrected chi connectivity index (χ2v) is 5.79. The highest BCUT2D eigenvalue weighted by Crippen LogP contribution is 2.40. The molecule has 0 unspecified atom stereocenters. The summed E-state index contributed by atoms with van der Waals surface area (Å²) in [5, 5.41) is 0. The number of aryl methyl sites for hydroxylation is 2. The van der Waals surface area contributed by atoms with Crippen LogP contribution < -0.4 is 17.0 Å². The van der Waals surface area contributed by atoms with E-state index < -0.39 is 0 Å². The Bertz CT molecular complexity index is 810. The summed E-state index contributed by atoms with van der Waals surface area (Å²) in [6.45, 7) is 5.92. The number of nitrogens with two attached hydrogens (primary N) is 1. The van der Waals surface area contributed by atoms with Crippen molar-refractivity contribution in [3.8, 4) is 0 Å². The number of rotatable bonds is 6. The topological polar surface area (TPSA) is 87.8 Å². The van der Waals surface area contributed by atoms with Crippen molar-refractivity contribution in [3.63, 3.8) is 0 Å². The van der Waals surface area contributed by atoms with E-state index in [2.05, 4.69) is 4.98 Å². The predicted octanol–water partition coefficient (Wildman–Crippen LogP) is 0.626. The third-order valence-corrected chi connectivity index (χ3v) is 4.30. The van der Waals surface area contributed by atoms with E-state index >= 15 is 0 Å². The molecule has 0 aromatic carbocycles. The molecule has 0 bridgehead atoms. The summed E-state index contributed by atoms with van der Waals surface area (Å²) < 4.78 is 4.90. The quantitative estimate of drug-likeness (QED) is 0.847. The van der Waals surface area contributed by atoms with Gasteiger partial charge in [0, 0.05) is 25.6 Å². The van der Waals surface area contributed by atoms with Gasteiger partial charge in [-0.05, 0) is 39.7 Å². The molecular formula is C15H23N5O2. The molecule has 0 saturated heterocycles. The maximum atomic E-state index is 12.8. The van der Waals surface area contributed by atoms with Crippen molar-refractivity contribution in [2.75, 3.05) is 6.54 Å². The van der Waals surface area contributed by atoms with Gasteiger partial charge in [0.05, 0.1) is 0 Å². The zero-order chi connectivity index (χ0) is 15.9. The molecule has 0 aliphatic heterocycles. The Balaban J connectivity index is 2.34. The monoisotopic (exact) mass is 305 g/mol. The average molecular weight is 305 g/mol. The van der Waals surface area contributed by atoms with Crippen LogP contribution in [0.1, 0.15) is 44.9 Å². The van der Waals surface area contributed by atoms with Gasteiger partial charge in [-0.2, -0.15) is 0 Å². The number of imidazole rings is 1. The Labute approximate surface area is 128 Å². The van der Waals surface area contributed by atoms with Crippen molar-refractivity contribution < 1.29 is 0 Å². The van der Waals surface area contributed by atoms with E-state index in [4.69, 9.17) is 5.73 Å². The second-order valence-electron chi connectivity index (χ2n) is 5.79. The minimum atomic E-state index is -0.281. The van der Waals surface area contributed by atoms with Crippen molar-refractivity contribution in [1.29, 1.82) is 0 Å². The van der Waals surface area contributed by atoms with E-state index in [0.29, 0.717) is 49.7 Å². The van der Waals surface area contributed by atoms with E-state index in [9.17, 15) is 9.59 Å². The Morgan fingerprint density at radius 2 is 1.82 bits per heavy atom. The minimum Gasteiger partial charge on any atom is -0.330 e. The summed E-state index contributed by atoms with van der Waals surface area (Å²) in [6.07, 6.45) is 2.84. The zero-order valence-corrected chi connectivity index (χ0v) is 13.2. The summed E-state index contributed by atoms with van der Waals surface area (Å²) in [7, 11) is 0. The fourth-order valence-corrected chi connectivity index (χ4v) is 3.01. The van der Waals surface area contributed by atoms with Crippen LogP contribution in [-0.2, 0) is 19.6 Å². The molecule has 120 valence electrons. The van der Waals surface area contributed by atoms with Crippen LogP contribution in [0.25, 0.3) is 11.2 Å². The molecule has 1 fully saturated rings. The molecule has 7 heteroatoms. The lowest BCUT2D eigenvalue weighted by Gasteiger charge is -2.10. The second kappa shape index (κ2) is 5.72. The number of fused-ring (bicyclic) bond motifs is 1. The van der Waals surface area contributed by atoms with Crippen molar-refractivity contribution in [2.45, 2.75) is 58.7 Å². The number of aromatic nitrogens is 4. The first-order valence-corrected chi connectivity index (χ1v) is 8.07. The molecule has 0 spiro atoms. The molecule has 0 amide bonds. The molecule has 1 saturated carbocycles. The summed E-state index contributed by atoms with van der Waals surface area (Å²) >= 11 is 0. The number of nitrogens with zero attached hydrogens (tertiary/aromatic N) is 4. The first-order valence-electron chi connectivity index (χ1n) is 8.07. The third kappa shape index (κ3) is 2.20. The van der Waals surface area contributed by atoms with Crippen LogP contribution in [0.15, 0.2) is 9.59 Å². The molecular weight excluding hydrogens is 282 g/mol. The molecule has 3 rings (SSSR count). The van der Waals surface area contributed by atoms with Crippen molar-refractivity contribution in [1.82, 2.24) is 18.7 Å². The van der Waals surface area contributed by atoms with E-state index in [-0.39, 0.29) is 11.2 Å². The van der Waals surface area contributed by atoms with E-state index in [1.54, 1.807) is 4.57 Å². The lowest BCUT2D eigenvalue weighted by atomic mass is 10.4. The lowest BCUT2D eigenvalue weighted by Crippen LogP contribution is -2.40. The van der Waals surface area contributed by atoms with Gasteiger partial charge in [-0.1, -0.05) is 0 Å². The van der Waals surface area contributed by atoms with Crippen molar-refractivity contribution >= 4 is 11.2 Å². The predicted molar refractivity (Wildman–Crippen MR) is 85.2 cm³/mol. The van der Waals surface area contributed by atoms with Gasteiger partial charge in [0.25, 0.3) is 5.56 Å². The van der Waals surface area contributed by atoms with Crippen LogP contribution in [0.3, 0.4) is 0 Å². The maximum absolute atomic E-state index is 12.8. The smallest absolute Gasteiger partial charge is 0.330 e. The number of hydrogen-bond donors (Lipinski definition) is 1. The average Bonchev–Trinajstić information content (AvgIpc) is 3.28. The third-order valence-electron chi connectivity index (χ3n) is 4.30. The van der Waals surface area contributed by atoms with Gasteiger partial charge in [0.2, 0.25) is 0 Å². The van der Waals surface area contributed by atoms with Gasteiger partial charge in [0.1, 0.15) is 5.82 Å². The molecule has 1 aliphatic carbocycles. The minimum absolute atomic E-state index is 0.237. The Hall–Kier alpha value is -1.89. The van der Waals surface area contributed by atoms with E-state index in [0.717, 1.165) is 18.7 Å². The molecule has 1 aliphatic rings. The van der Waals surface area contributed by atoms with Crippen LogP contribution in [-0.4, -0.2) is 25.2 Å². The first kappa shape index (κ1) is 15.0. The van der Waals surface area contributed by atoms with Crippen molar-refractivity contribution in [3.05, 3.63) is 26.7 Å². The molecule has 22 heavy (non-hydrogen) atoms. The molecule has 2 aromatic heterocycles. The summed E-state index contributed by atoms with van der Waals surface area (Å²) in [6, 6.07) is 0. The SMILES string of the molecule is CCn1c(C2CC2)nc2c1c(=O)n(CCCN)c(=O)n2CC. The highest BCUT2D eigenvalue weighted by Gasteiger charge is 2.31. The Morgan fingerprint density at radius 1 is 1.14 bits per heavy atom. The van der Waals surface area contributed by atoms with Crippen LogP contribution in [0.4, 0.5) is 0 Å². The number of hydrogen-bond acceptors (Lipinski definition) is 4. The first-order chi connectivity index (χ1) is 10.6. The highest BCUT2D eigenvalue weighted by molar-refractivity contribution is 5.71. The molecule has 7 nitrogen and oxygen atoms in total. The van der Waals surface area contributed by atoms with E-state index in [1.165, 1.54) is 4.57 Å². The summed E-state index contributed by atoms with van der Waals surface area (Å²) in [5.74, 6) is 1.39. The summed E-state index contributed by atoms with van der Waals surface area (Å²) in [5.41, 5.74) is 6.10. The molecule has 0 atom stereocenters.